The van der Waals surface area contributed by atoms with Gasteiger partial charge in [-0.05, 0) is 80.0 Å². The number of fused-ring (bicyclic) bond motifs is 3. The normalized spacial score (nSPS) is 42.0. The quantitative estimate of drug-likeness (QED) is 0.517. The van der Waals surface area contributed by atoms with E-state index in [2.05, 4.69) is 26.8 Å². The molecule has 0 radical (unpaired) electrons. The van der Waals surface area contributed by atoms with Gasteiger partial charge in [0.15, 0.2) is 0 Å². The van der Waals surface area contributed by atoms with Gasteiger partial charge in [0.05, 0.1) is 13.2 Å². The molecule has 0 aromatic heterocycles. The van der Waals surface area contributed by atoms with E-state index >= 15 is 0 Å². The van der Waals surface area contributed by atoms with Crippen LogP contribution in [0.25, 0.3) is 0 Å². The molecular weight excluding hydrogens is 324 g/mol. The molecule has 0 amide bonds. The molecule has 6 atom stereocenters. The van der Waals surface area contributed by atoms with Gasteiger partial charge in [-0.2, -0.15) is 0 Å². The van der Waals surface area contributed by atoms with Gasteiger partial charge in [0, 0.05) is 6.42 Å². The largest absolute Gasteiger partial charge is 0.469 e. The fraction of sp³-hybridized carbons (Fsp3) is 0.870. The van der Waals surface area contributed by atoms with Crippen molar-refractivity contribution in [3.05, 3.63) is 11.6 Å². The summed E-state index contributed by atoms with van der Waals surface area (Å²) in [6.45, 7) is 7.00. The fourth-order valence-corrected chi connectivity index (χ4v) is 6.69. The number of carbonyl (C=O) groups is 1. The number of allylic oxidation sites excluding steroid dienone is 2. The predicted molar refractivity (Wildman–Crippen MR) is 105 cm³/mol. The third-order valence-electron chi connectivity index (χ3n) is 8.45. The van der Waals surface area contributed by atoms with E-state index < -0.39 is 0 Å². The Morgan fingerprint density at radius 2 is 2.04 bits per heavy atom. The number of hydrogen-bond donors (Lipinski definition) is 1. The van der Waals surface area contributed by atoms with Crippen LogP contribution in [0.5, 0.6) is 0 Å². The lowest BCUT2D eigenvalue weighted by atomic mass is 9.49. The SMILES string of the molecule is CCCCC1=CCC2C(CCC3(C)C(O)CCC23)C1(C)CCC(=O)OC. The smallest absolute Gasteiger partial charge is 0.305 e. The Kier molecular flexibility index (Phi) is 5.86. The standard InChI is InChI=1S/C23H38O3/c1-5-6-7-16-8-9-17-18-10-11-20(24)23(18,3)14-12-19(17)22(16,2)15-13-21(25)26-4/h8,17-20,24H,5-7,9-15H2,1-4H3. The Labute approximate surface area is 159 Å². The molecule has 26 heavy (non-hydrogen) atoms. The van der Waals surface area contributed by atoms with Crippen LogP contribution < -0.4 is 0 Å². The molecule has 3 heteroatoms. The first-order chi connectivity index (χ1) is 12.4. The number of aliphatic hydroxyl groups is 1. The van der Waals surface area contributed by atoms with Gasteiger partial charge in [-0.3, -0.25) is 4.79 Å². The van der Waals surface area contributed by atoms with Crippen LogP contribution in [0.3, 0.4) is 0 Å². The highest BCUT2D eigenvalue weighted by atomic mass is 16.5. The molecular formula is C23H38O3. The number of unbranched alkanes of at least 4 members (excludes halogenated alkanes) is 1. The summed E-state index contributed by atoms with van der Waals surface area (Å²) in [6, 6.07) is 0. The van der Waals surface area contributed by atoms with Crippen molar-refractivity contribution >= 4 is 5.97 Å². The molecule has 0 bridgehead atoms. The van der Waals surface area contributed by atoms with Crippen molar-refractivity contribution in [3.63, 3.8) is 0 Å². The predicted octanol–water partition coefficient (Wildman–Crippen LogP) is 5.27. The molecule has 148 valence electrons. The summed E-state index contributed by atoms with van der Waals surface area (Å²) in [7, 11) is 1.49. The topological polar surface area (TPSA) is 46.5 Å². The van der Waals surface area contributed by atoms with Crippen molar-refractivity contribution in [2.45, 2.75) is 91.1 Å². The van der Waals surface area contributed by atoms with Gasteiger partial charge in [0.2, 0.25) is 0 Å². The van der Waals surface area contributed by atoms with Crippen LogP contribution in [0.15, 0.2) is 11.6 Å². The first kappa shape index (κ1) is 19.9. The lowest BCUT2D eigenvalue weighted by Crippen LogP contribution is -2.49. The van der Waals surface area contributed by atoms with Gasteiger partial charge in [0.1, 0.15) is 0 Å². The molecule has 3 nitrogen and oxygen atoms in total. The van der Waals surface area contributed by atoms with Crippen LogP contribution in [0.4, 0.5) is 0 Å². The molecule has 2 saturated carbocycles. The number of rotatable bonds is 6. The Bertz CT molecular complexity index is 554. The fourth-order valence-electron chi connectivity index (χ4n) is 6.69. The summed E-state index contributed by atoms with van der Waals surface area (Å²) in [6.07, 6.45) is 13.1. The minimum Gasteiger partial charge on any atom is -0.469 e. The van der Waals surface area contributed by atoms with E-state index in [0.717, 1.165) is 19.3 Å². The Hall–Kier alpha value is -0.830. The Balaban J connectivity index is 1.87. The summed E-state index contributed by atoms with van der Waals surface area (Å²) in [4.78, 5) is 11.9. The van der Waals surface area contributed by atoms with Gasteiger partial charge >= 0.3 is 5.97 Å². The molecule has 3 rings (SSSR count). The monoisotopic (exact) mass is 362 g/mol. The van der Waals surface area contributed by atoms with Crippen LogP contribution >= 0.6 is 0 Å². The summed E-state index contributed by atoms with van der Waals surface area (Å²) in [5, 5.41) is 10.6. The van der Waals surface area contributed by atoms with Crippen LogP contribution in [0.1, 0.15) is 85.0 Å². The van der Waals surface area contributed by atoms with E-state index in [9.17, 15) is 9.90 Å². The zero-order chi connectivity index (χ0) is 18.9. The lowest BCUT2D eigenvalue weighted by molar-refractivity contribution is -0.141. The average molecular weight is 363 g/mol. The van der Waals surface area contributed by atoms with Crippen molar-refractivity contribution < 1.29 is 14.6 Å². The molecule has 2 fully saturated rings. The molecule has 0 aromatic rings. The maximum absolute atomic E-state index is 11.9. The molecule has 0 aromatic carbocycles. The maximum atomic E-state index is 11.9. The number of ether oxygens (including phenoxy) is 1. The third-order valence-corrected chi connectivity index (χ3v) is 8.45. The van der Waals surface area contributed by atoms with Gasteiger partial charge < -0.3 is 9.84 Å². The molecule has 0 spiro atoms. The highest BCUT2D eigenvalue weighted by Gasteiger charge is 2.57. The second kappa shape index (κ2) is 7.66. The lowest BCUT2D eigenvalue weighted by Gasteiger charge is -2.56. The van der Waals surface area contributed by atoms with Crippen LogP contribution in [0, 0.1) is 28.6 Å². The Morgan fingerprint density at radius 3 is 2.73 bits per heavy atom. The molecule has 6 unspecified atom stereocenters. The number of hydrogen-bond acceptors (Lipinski definition) is 3. The number of aliphatic hydroxyl groups excluding tert-OH is 1. The summed E-state index contributed by atoms with van der Waals surface area (Å²) in [5.41, 5.74) is 1.81. The van der Waals surface area contributed by atoms with Crippen LogP contribution in [-0.2, 0) is 9.53 Å². The second-order valence-corrected chi connectivity index (χ2v) is 9.58. The van der Waals surface area contributed by atoms with E-state index in [0.29, 0.717) is 24.2 Å². The Morgan fingerprint density at radius 1 is 1.27 bits per heavy atom. The van der Waals surface area contributed by atoms with Gasteiger partial charge in [-0.15, -0.1) is 0 Å². The van der Waals surface area contributed by atoms with E-state index in [1.807, 2.05) is 0 Å². The van der Waals surface area contributed by atoms with E-state index in [4.69, 9.17) is 4.74 Å². The van der Waals surface area contributed by atoms with Crippen molar-refractivity contribution in [3.8, 4) is 0 Å². The summed E-state index contributed by atoms with van der Waals surface area (Å²) < 4.78 is 4.95. The van der Waals surface area contributed by atoms with Gasteiger partial charge in [0.25, 0.3) is 0 Å². The number of esters is 1. The molecule has 1 N–H and O–H groups in total. The zero-order valence-electron chi connectivity index (χ0n) is 17.2. The van der Waals surface area contributed by atoms with Crippen molar-refractivity contribution in [2.75, 3.05) is 7.11 Å². The first-order valence-electron chi connectivity index (χ1n) is 10.8. The van der Waals surface area contributed by atoms with Crippen molar-refractivity contribution in [1.82, 2.24) is 0 Å². The van der Waals surface area contributed by atoms with E-state index in [1.165, 1.54) is 45.6 Å². The van der Waals surface area contributed by atoms with Crippen LogP contribution in [-0.4, -0.2) is 24.3 Å². The van der Waals surface area contributed by atoms with Gasteiger partial charge in [-0.25, -0.2) is 0 Å². The average Bonchev–Trinajstić information content (AvgIpc) is 2.94. The third kappa shape index (κ3) is 3.25. The van der Waals surface area contributed by atoms with Crippen molar-refractivity contribution in [1.29, 1.82) is 0 Å². The van der Waals surface area contributed by atoms with Gasteiger partial charge in [-0.1, -0.05) is 38.8 Å². The summed E-state index contributed by atoms with van der Waals surface area (Å²) in [5.74, 6) is 1.86. The second-order valence-electron chi connectivity index (χ2n) is 9.58. The molecule has 0 aliphatic heterocycles. The molecule has 3 aliphatic carbocycles. The number of methoxy groups -OCH3 is 1. The van der Waals surface area contributed by atoms with Crippen molar-refractivity contribution in [2.24, 2.45) is 28.6 Å². The highest BCUT2D eigenvalue weighted by Crippen LogP contribution is 2.63. The zero-order valence-corrected chi connectivity index (χ0v) is 17.2. The molecule has 3 aliphatic rings. The minimum atomic E-state index is -0.125. The van der Waals surface area contributed by atoms with E-state index in [1.54, 1.807) is 5.57 Å². The highest BCUT2D eigenvalue weighted by molar-refractivity contribution is 5.69. The minimum absolute atomic E-state index is 0.0832. The number of carbonyl (C=O) groups excluding carboxylic acids is 1. The summed E-state index contributed by atoms with van der Waals surface area (Å²) >= 11 is 0. The van der Waals surface area contributed by atoms with E-state index in [-0.39, 0.29) is 22.9 Å². The molecule has 0 heterocycles. The maximum Gasteiger partial charge on any atom is 0.305 e. The molecule has 0 saturated heterocycles. The first-order valence-corrected chi connectivity index (χ1v) is 10.8. The van der Waals surface area contributed by atoms with Crippen LogP contribution in [0.2, 0.25) is 0 Å².